The summed E-state index contributed by atoms with van der Waals surface area (Å²) >= 11 is 0. The van der Waals surface area contributed by atoms with Crippen molar-refractivity contribution >= 4 is 6.09 Å². The van der Waals surface area contributed by atoms with Crippen LogP contribution < -0.4 is 4.74 Å². The number of benzene rings is 2. The lowest BCUT2D eigenvalue weighted by Gasteiger charge is -2.34. The Hall–Kier alpha value is -2.57. The first-order valence-electron chi connectivity index (χ1n) is 12.7. The van der Waals surface area contributed by atoms with Crippen LogP contribution in [0.3, 0.4) is 0 Å². The minimum Gasteiger partial charge on any atom is -0.457 e. The molecular weight excluding hydrogens is 442 g/mol. The maximum Gasteiger partial charge on any atom is 0.410 e. The van der Waals surface area contributed by atoms with Crippen LogP contribution in [0.2, 0.25) is 0 Å². The Morgan fingerprint density at radius 3 is 2.43 bits per heavy atom. The van der Waals surface area contributed by atoms with Crippen LogP contribution in [0.1, 0.15) is 70.4 Å². The van der Waals surface area contributed by atoms with E-state index in [2.05, 4.69) is 0 Å². The minimum atomic E-state index is -1.44. The number of hydrogen-bond acceptors (Lipinski definition) is 5. The van der Waals surface area contributed by atoms with E-state index >= 15 is 0 Å². The standard InChI is InChI=1S/C29H41NO5/c1-22-13-6-8-17-25(22)34-26-18-9-7-16-24(26)29(32,33-5)19-11-10-14-23-15-12-20-30(21-23)27(31)35-28(2,3)4/h6-9,13,16-18,23,32H,10-12,14-15,19-21H2,1-5H3. The molecule has 35 heavy (non-hydrogen) atoms. The lowest BCUT2D eigenvalue weighted by molar-refractivity contribution is -0.200. The van der Waals surface area contributed by atoms with Crippen LogP contribution >= 0.6 is 0 Å². The zero-order valence-corrected chi connectivity index (χ0v) is 21.9. The number of likely N-dealkylation sites (tertiary alicyclic amines) is 1. The molecular formula is C29H41NO5. The zero-order chi connectivity index (χ0) is 25.5. The van der Waals surface area contributed by atoms with Crippen molar-refractivity contribution < 1.29 is 24.1 Å². The highest BCUT2D eigenvalue weighted by Gasteiger charge is 2.32. The molecule has 0 aliphatic carbocycles. The van der Waals surface area contributed by atoms with Crippen molar-refractivity contribution in [3.8, 4) is 11.5 Å². The molecule has 3 rings (SSSR count). The summed E-state index contributed by atoms with van der Waals surface area (Å²) in [4.78, 5) is 14.3. The number of aryl methyl sites for hydroxylation is 1. The number of amides is 1. The number of carbonyl (C=O) groups excluding carboxylic acids is 1. The van der Waals surface area contributed by atoms with Gasteiger partial charge in [0.25, 0.3) is 0 Å². The SMILES string of the molecule is COC(O)(CCCCC1CCCN(C(=O)OC(C)(C)C)C1)c1ccccc1Oc1ccccc1C. The molecule has 1 aliphatic heterocycles. The Kier molecular flexibility index (Phi) is 9.20. The topological polar surface area (TPSA) is 68.2 Å². The van der Waals surface area contributed by atoms with Gasteiger partial charge in [0.2, 0.25) is 0 Å². The van der Waals surface area contributed by atoms with Crippen molar-refractivity contribution in [2.75, 3.05) is 20.2 Å². The van der Waals surface area contributed by atoms with Gasteiger partial charge in [0.1, 0.15) is 17.1 Å². The summed E-state index contributed by atoms with van der Waals surface area (Å²) < 4.78 is 17.3. The van der Waals surface area contributed by atoms with Crippen LogP contribution in [-0.4, -0.2) is 41.9 Å². The zero-order valence-electron chi connectivity index (χ0n) is 21.9. The van der Waals surface area contributed by atoms with E-state index in [1.807, 2.05) is 81.1 Å². The van der Waals surface area contributed by atoms with E-state index in [0.717, 1.165) is 56.5 Å². The number of aliphatic hydroxyl groups is 1. The first-order chi connectivity index (χ1) is 16.6. The molecule has 1 amide bonds. The van der Waals surface area contributed by atoms with Crippen LogP contribution in [0.4, 0.5) is 4.79 Å². The number of para-hydroxylation sites is 2. The second kappa shape index (κ2) is 11.9. The molecule has 0 radical (unpaired) electrons. The number of ether oxygens (including phenoxy) is 3. The van der Waals surface area contributed by atoms with Crippen molar-refractivity contribution in [2.24, 2.45) is 5.92 Å². The fourth-order valence-electron chi connectivity index (χ4n) is 4.61. The van der Waals surface area contributed by atoms with E-state index in [0.29, 0.717) is 23.7 Å². The summed E-state index contributed by atoms with van der Waals surface area (Å²) in [5.41, 5.74) is 1.17. The Morgan fingerprint density at radius 2 is 1.74 bits per heavy atom. The van der Waals surface area contributed by atoms with Gasteiger partial charge in [-0.25, -0.2) is 4.79 Å². The molecule has 2 aromatic rings. The van der Waals surface area contributed by atoms with Crippen LogP contribution in [0.5, 0.6) is 11.5 Å². The molecule has 2 aromatic carbocycles. The second-order valence-corrected chi connectivity index (χ2v) is 10.5. The molecule has 192 valence electrons. The molecule has 0 bridgehead atoms. The molecule has 2 unspecified atom stereocenters. The van der Waals surface area contributed by atoms with E-state index in [4.69, 9.17) is 14.2 Å². The molecule has 1 saturated heterocycles. The summed E-state index contributed by atoms with van der Waals surface area (Å²) in [6.07, 6.45) is 5.09. The lowest BCUT2D eigenvalue weighted by atomic mass is 9.91. The molecule has 6 nitrogen and oxygen atoms in total. The molecule has 0 saturated carbocycles. The van der Waals surface area contributed by atoms with Crippen molar-refractivity contribution in [3.63, 3.8) is 0 Å². The first-order valence-corrected chi connectivity index (χ1v) is 12.7. The van der Waals surface area contributed by atoms with E-state index in [9.17, 15) is 9.90 Å². The van der Waals surface area contributed by atoms with Crippen molar-refractivity contribution in [1.82, 2.24) is 4.90 Å². The van der Waals surface area contributed by atoms with Gasteiger partial charge in [0.15, 0.2) is 5.79 Å². The van der Waals surface area contributed by atoms with E-state index in [1.165, 1.54) is 7.11 Å². The number of hydrogen-bond donors (Lipinski definition) is 1. The monoisotopic (exact) mass is 483 g/mol. The Balaban J connectivity index is 1.56. The fraction of sp³-hybridized carbons (Fsp3) is 0.552. The predicted molar refractivity (Wildman–Crippen MR) is 138 cm³/mol. The average Bonchev–Trinajstić information content (AvgIpc) is 2.82. The lowest BCUT2D eigenvalue weighted by Crippen LogP contribution is -2.42. The fourth-order valence-corrected chi connectivity index (χ4v) is 4.61. The van der Waals surface area contributed by atoms with Gasteiger partial charge in [0.05, 0.1) is 5.56 Å². The highest BCUT2D eigenvalue weighted by molar-refractivity contribution is 5.68. The molecule has 6 heteroatoms. The summed E-state index contributed by atoms with van der Waals surface area (Å²) in [5.74, 6) is 0.356. The van der Waals surface area contributed by atoms with Crippen LogP contribution in [-0.2, 0) is 15.3 Å². The van der Waals surface area contributed by atoms with Gasteiger partial charge in [-0.15, -0.1) is 0 Å². The number of rotatable bonds is 9. The van der Waals surface area contributed by atoms with Crippen molar-refractivity contribution in [3.05, 3.63) is 59.7 Å². The maximum atomic E-state index is 12.4. The maximum absolute atomic E-state index is 12.4. The molecule has 1 N–H and O–H groups in total. The van der Waals surface area contributed by atoms with Gasteiger partial charge in [-0.3, -0.25) is 0 Å². The Labute approximate surface area is 210 Å². The van der Waals surface area contributed by atoms with Crippen LogP contribution in [0, 0.1) is 12.8 Å². The van der Waals surface area contributed by atoms with Gasteiger partial charge in [-0.05, 0) is 83.1 Å². The molecule has 1 fully saturated rings. The quantitative estimate of drug-likeness (QED) is 0.314. The van der Waals surface area contributed by atoms with E-state index < -0.39 is 11.4 Å². The minimum absolute atomic E-state index is 0.221. The third kappa shape index (κ3) is 7.71. The Morgan fingerprint density at radius 1 is 1.06 bits per heavy atom. The molecule has 0 aromatic heterocycles. The second-order valence-electron chi connectivity index (χ2n) is 10.5. The largest absolute Gasteiger partial charge is 0.457 e. The summed E-state index contributed by atoms with van der Waals surface area (Å²) in [7, 11) is 1.53. The van der Waals surface area contributed by atoms with Gasteiger partial charge in [0, 0.05) is 26.6 Å². The highest BCUT2D eigenvalue weighted by atomic mass is 16.6. The number of nitrogens with zero attached hydrogens (tertiary/aromatic N) is 1. The average molecular weight is 484 g/mol. The van der Waals surface area contributed by atoms with E-state index in [-0.39, 0.29) is 6.09 Å². The Bertz CT molecular complexity index is 970. The molecule has 0 spiro atoms. The number of carbonyl (C=O) groups is 1. The van der Waals surface area contributed by atoms with E-state index in [1.54, 1.807) is 0 Å². The highest BCUT2D eigenvalue weighted by Crippen LogP contribution is 2.38. The van der Waals surface area contributed by atoms with Crippen molar-refractivity contribution in [2.45, 2.75) is 77.6 Å². The summed E-state index contributed by atoms with van der Waals surface area (Å²) in [6.45, 7) is 9.17. The van der Waals surface area contributed by atoms with Crippen LogP contribution in [0.25, 0.3) is 0 Å². The normalized spacial score (nSPS) is 18.1. The molecule has 1 aliphatic rings. The predicted octanol–water partition coefficient (Wildman–Crippen LogP) is 6.79. The van der Waals surface area contributed by atoms with Gasteiger partial charge < -0.3 is 24.2 Å². The first kappa shape index (κ1) is 27.0. The van der Waals surface area contributed by atoms with Gasteiger partial charge >= 0.3 is 6.09 Å². The van der Waals surface area contributed by atoms with Crippen LogP contribution in [0.15, 0.2) is 48.5 Å². The third-order valence-corrected chi connectivity index (χ3v) is 6.51. The van der Waals surface area contributed by atoms with Gasteiger partial charge in [-0.2, -0.15) is 0 Å². The van der Waals surface area contributed by atoms with Crippen molar-refractivity contribution in [1.29, 1.82) is 0 Å². The smallest absolute Gasteiger partial charge is 0.410 e. The number of piperidine rings is 1. The summed E-state index contributed by atoms with van der Waals surface area (Å²) in [6, 6.07) is 15.3. The summed E-state index contributed by atoms with van der Waals surface area (Å²) in [5, 5.41) is 11.4. The number of methoxy groups -OCH3 is 1. The molecule has 2 atom stereocenters. The van der Waals surface area contributed by atoms with Gasteiger partial charge in [-0.1, -0.05) is 36.8 Å². The number of unbranched alkanes of at least 4 members (excludes halogenated alkanes) is 1. The third-order valence-electron chi connectivity index (χ3n) is 6.51. The molecule has 1 heterocycles.